The summed E-state index contributed by atoms with van der Waals surface area (Å²) in [6.45, 7) is 2.14. The van der Waals surface area contributed by atoms with Gasteiger partial charge in [-0.1, -0.05) is 25.1 Å². The number of carbonyl (C=O) groups excluding carboxylic acids is 1. The number of thiazole rings is 1. The summed E-state index contributed by atoms with van der Waals surface area (Å²) in [5.41, 5.74) is 9.62. The van der Waals surface area contributed by atoms with Gasteiger partial charge in [0.2, 0.25) is 5.91 Å². The second kappa shape index (κ2) is 5.09. The molecule has 0 aliphatic heterocycles. The Bertz CT molecular complexity index is 772. The van der Waals surface area contributed by atoms with Crippen LogP contribution in [0, 0.1) is 0 Å². The second-order valence-corrected chi connectivity index (χ2v) is 5.61. The van der Waals surface area contributed by atoms with Crippen molar-refractivity contribution in [2.24, 2.45) is 5.73 Å². The number of nitrogens with zero attached hydrogens (tertiary/aromatic N) is 1. The smallest absolute Gasteiger partial charge is 0.224 e. The Balaban J connectivity index is 2.06. The van der Waals surface area contributed by atoms with Crippen molar-refractivity contribution in [3.63, 3.8) is 0 Å². The molecule has 20 heavy (non-hydrogen) atoms. The highest BCUT2D eigenvalue weighted by Gasteiger charge is 2.12. The first-order valence-electron chi connectivity index (χ1n) is 6.51. The van der Waals surface area contributed by atoms with E-state index in [0.717, 1.165) is 28.2 Å². The number of hydrogen-bond acceptors (Lipinski definition) is 3. The Labute approximate surface area is 120 Å². The number of amides is 1. The van der Waals surface area contributed by atoms with Crippen molar-refractivity contribution in [2.75, 3.05) is 0 Å². The zero-order valence-electron chi connectivity index (χ0n) is 11.1. The van der Waals surface area contributed by atoms with E-state index < -0.39 is 0 Å². The molecule has 0 bridgehead atoms. The number of benzene rings is 1. The van der Waals surface area contributed by atoms with E-state index in [-0.39, 0.29) is 12.3 Å². The first-order chi connectivity index (χ1) is 9.69. The van der Waals surface area contributed by atoms with Crippen LogP contribution in [0.25, 0.3) is 22.2 Å². The van der Waals surface area contributed by atoms with Crippen molar-refractivity contribution in [1.82, 2.24) is 9.97 Å². The Kier molecular flexibility index (Phi) is 3.28. The topological polar surface area (TPSA) is 71.8 Å². The van der Waals surface area contributed by atoms with Crippen LogP contribution in [0.5, 0.6) is 0 Å². The minimum absolute atomic E-state index is 0.202. The lowest BCUT2D eigenvalue weighted by Crippen LogP contribution is -2.13. The molecule has 0 saturated carbocycles. The van der Waals surface area contributed by atoms with Crippen LogP contribution in [0.3, 0.4) is 0 Å². The van der Waals surface area contributed by atoms with Gasteiger partial charge in [-0.3, -0.25) is 4.79 Å². The minimum Gasteiger partial charge on any atom is -0.369 e. The van der Waals surface area contributed by atoms with Gasteiger partial charge >= 0.3 is 0 Å². The number of fused-ring (bicyclic) bond motifs is 1. The van der Waals surface area contributed by atoms with Crippen LogP contribution in [0.4, 0.5) is 0 Å². The summed E-state index contributed by atoms with van der Waals surface area (Å²) < 4.78 is 0. The molecule has 3 aromatic rings. The van der Waals surface area contributed by atoms with E-state index in [1.165, 1.54) is 22.3 Å². The number of aromatic nitrogens is 2. The summed E-state index contributed by atoms with van der Waals surface area (Å²) in [7, 11) is 0. The first kappa shape index (κ1) is 12.9. The Morgan fingerprint density at radius 3 is 3.05 bits per heavy atom. The fourth-order valence-electron chi connectivity index (χ4n) is 2.39. The monoisotopic (exact) mass is 285 g/mol. The largest absolute Gasteiger partial charge is 0.369 e. The van der Waals surface area contributed by atoms with Crippen molar-refractivity contribution in [3.05, 3.63) is 40.3 Å². The molecule has 0 aliphatic carbocycles. The maximum absolute atomic E-state index is 10.9. The van der Waals surface area contributed by atoms with Gasteiger partial charge in [-0.2, -0.15) is 0 Å². The van der Waals surface area contributed by atoms with Crippen LogP contribution in [-0.2, 0) is 17.6 Å². The molecule has 3 rings (SSSR count). The Morgan fingerprint density at radius 1 is 1.45 bits per heavy atom. The standard InChI is InChI=1S/C15H15N3OS/c1-2-9-4-3-5-10-11(7-17-15(9)10)12-8-20-14(18-12)6-13(16)19/h3-5,7-8,17H,2,6H2,1H3,(H2,16,19). The Hall–Kier alpha value is -2.14. The quantitative estimate of drug-likeness (QED) is 0.773. The molecule has 2 heterocycles. The van der Waals surface area contributed by atoms with Crippen LogP contribution in [0.2, 0.25) is 0 Å². The maximum Gasteiger partial charge on any atom is 0.224 e. The lowest BCUT2D eigenvalue weighted by atomic mass is 10.1. The van der Waals surface area contributed by atoms with Crippen LogP contribution >= 0.6 is 11.3 Å². The van der Waals surface area contributed by atoms with Crippen LogP contribution in [0.1, 0.15) is 17.5 Å². The summed E-state index contributed by atoms with van der Waals surface area (Å²) in [6, 6.07) is 6.28. The zero-order valence-corrected chi connectivity index (χ0v) is 12.0. The molecule has 1 aromatic carbocycles. The molecular weight excluding hydrogens is 270 g/mol. The third-order valence-electron chi connectivity index (χ3n) is 3.34. The fraction of sp³-hybridized carbons (Fsp3) is 0.200. The average Bonchev–Trinajstić information content (AvgIpc) is 3.03. The van der Waals surface area contributed by atoms with Crippen molar-refractivity contribution < 1.29 is 4.79 Å². The average molecular weight is 285 g/mol. The van der Waals surface area contributed by atoms with Gasteiger partial charge < -0.3 is 10.7 Å². The molecule has 102 valence electrons. The number of carbonyl (C=O) groups is 1. The lowest BCUT2D eigenvalue weighted by molar-refractivity contribution is -0.117. The molecule has 0 fully saturated rings. The number of para-hydroxylation sites is 1. The van der Waals surface area contributed by atoms with Gasteiger partial charge in [0.25, 0.3) is 0 Å². The third kappa shape index (κ3) is 2.20. The molecular formula is C15H15N3OS. The maximum atomic E-state index is 10.9. The van der Waals surface area contributed by atoms with E-state index >= 15 is 0 Å². The first-order valence-corrected chi connectivity index (χ1v) is 7.39. The molecule has 0 saturated heterocycles. The van der Waals surface area contributed by atoms with Crippen molar-refractivity contribution in [3.8, 4) is 11.3 Å². The SMILES string of the molecule is CCc1cccc2c(-c3csc(CC(N)=O)n3)c[nH]c12. The van der Waals surface area contributed by atoms with E-state index in [1.54, 1.807) is 0 Å². The summed E-state index contributed by atoms with van der Waals surface area (Å²) in [5.74, 6) is -0.349. The molecule has 0 radical (unpaired) electrons. The number of aryl methyl sites for hydroxylation is 1. The van der Waals surface area contributed by atoms with Gasteiger partial charge in [0, 0.05) is 28.0 Å². The highest BCUT2D eigenvalue weighted by atomic mass is 32.1. The van der Waals surface area contributed by atoms with Gasteiger partial charge in [-0.05, 0) is 12.0 Å². The second-order valence-electron chi connectivity index (χ2n) is 4.67. The van der Waals surface area contributed by atoms with Crippen molar-refractivity contribution >= 4 is 28.1 Å². The number of aromatic amines is 1. The summed E-state index contributed by atoms with van der Waals surface area (Å²) in [5, 5.41) is 3.90. The van der Waals surface area contributed by atoms with E-state index in [0.29, 0.717) is 0 Å². The number of hydrogen-bond donors (Lipinski definition) is 2. The number of H-pyrrole nitrogens is 1. The number of rotatable bonds is 4. The van der Waals surface area contributed by atoms with E-state index in [2.05, 4.69) is 35.1 Å². The van der Waals surface area contributed by atoms with Crippen LogP contribution in [0.15, 0.2) is 29.8 Å². The van der Waals surface area contributed by atoms with E-state index in [9.17, 15) is 4.79 Å². The highest BCUT2D eigenvalue weighted by Crippen LogP contribution is 2.31. The van der Waals surface area contributed by atoms with Crippen LogP contribution < -0.4 is 5.73 Å². The van der Waals surface area contributed by atoms with Crippen LogP contribution in [-0.4, -0.2) is 15.9 Å². The number of primary amides is 1. The predicted octanol–water partition coefficient (Wildman–Crippen LogP) is 2.88. The molecule has 4 nitrogen and oxygen atoms in total. The molecule has 0 unspecified atom stereocenters. The molecule has 0 atom stereocenters. The fourth-order valence-corrected chi connectivity index (χ4v) is 3.19. The predicted molar refractivity (Wildman–Crippen MR) is 81.7 cm³/mol. The highest BCUT2D eigenvalue weighted by molar-refractivity contribution is 7.10. The van der Waals surface area contributed by atoms with E-state index in [1.807, 2.05) is 11.6 Å². The van der Waals surface area contributed by atoms with Gasteiger partial charge in [0.15, 0.2) is 0 Å². The molecule has 1 amide bonds. The zero-order chi connectivity index (χ0) is 14.1. The normalized spacial score (nSPS) is 11.1. The van der Waals surface area contributed by atoms with Gasteiger partial charge in [0.1, 0.15) is 5.01 Å². The molecule has 0 aliphatic rings. The Morgan fingerprint density at radius 2 is 2.30 bits per heavy atom. The molecule has 5 heteroatoms. The lowest BCUT2D eigenvalue weighted by Gasteiger charge is -1.99. The summed E-state index contributed by atoms with van der Waals surface area (Å²) in [4.78, 5) is 18.8. The van der Waals surface area contributed by atoms with Gasteiger partial charge in [-0.15, -0.1) is 11.3 Å². The number of nitrogens with one attached hydrogen (secondary N) is 1. The van der Waals surface area contributed by atoms with Gasteiger partial charge in [-0.25, -0.2) is 4.98 Å². The molecule has 2 aromatic heterocycles. The van der Waals surface area contributed by atoms with Gasteiger partial charge in [0.05, 0.1) is 12.1 Å². The molecule has 3 N–H and O–H groups in total. The minimum atomic E-state index is -0.349. The third-order valence-corrected chi connectivity index (χ3v) is 4.18. The van der Waals surface area contributed by atoms with E-state index in [4.69, 9.17) is 5.73 Å². The summed E-state index contributed by atoms with van der Waals surface area (Å²) in [6.07, 6.45) is 3.17. The van der Waals surface area contributed by atoms with Crippen molar-refractivity contribution in [1.29, 1.82) is 0 Å². The van der Waals surface area contributed by atoms with Crippen molar-refractivity contribution in [2.45, 2.75) is 19.8 Å². The summed E-state index contributed by atoms with van der Waals surface area (Å²) >= 11 is 1.47. The molecule has 0 spiro atoms. The number of nitrogens with two attached hydrogens (primary N) is 1.